The Morgan fingerprint density at radius 3 is 2.67 bits per heavy atom. The second-order valence-corrected chi connectivity index (χ2v) is 7.32. The van der Waals surface area contributed by atoms with Crippen LogP contribution in [0.4, 0.5) is 0 Å². The Morgan fingerprint density at radius 2 is 1.92 bits per heavy atom. The lowest BCUT2D eigenvalue weighted by Crippen LogP contribution is -2.26. The molecular formula is C19H22N2O2S. The molecule has 1 aromatic carbocycles. The molecule has 3 rings (SSSR count). The fraction of sp³-hybridized carbons (Fsp3) is 0.421. The van der Waals surface area contributed by atoms with E-state index in [9.17, 15) is 9.59 Å². The molecule has 1 aliphatic rings. The molecule has 1 amide bonds. The van der Waals surface area contributed by atoms with Crippen molar-refractivity contribution in [1.29, 1.82) is 0 Å². The smallest absolute Gasteiger partial charge is 0.221 e. The van der Waals surface area contributed by atoms with E-state index in [1.165, 1.54) is 23.4 Å². The number of benzene rings is 1. The molecule has 126 valence electrons. The normalized spacial score (nSPS) is 14.7. The minimum atomic E-state index is -0.0973. The summed E-state index contributed by atoms with van der Waals surface area (Å²) >= 11 is 1.71. The van der Waals surface area contributed by atoms with E-state index >= 15 is 0 Å². The number of aryl methyl sites for hydroxylation is 2. The Hall–Kier alpha value is -2.01. The molecule has 5 heteroatoms. The van der Waals surface area contributed by atoms with E-state index in [2.05, 4.69) is 10.3 Å². The number of nitrogens with one attached hydrogen (secondary N) is 1. The number of carbonyl (C=O) groups excluding carboxylic acids is 2. The van der Waals surface area contributed by atoms with Gasteiger partial charge in [-0.2, -0.15) is 0 Å². The van der Waals surface area contributed by atoms with Gasteiger partial charge in [0.1, 0.15) is 5.01 Å². The fourth-order valence-electron chi connectivity index (χ4n) is 2.93. The van der Waals surface area contributed by atoms with Gasteiger partial charge in [0, 0.05) is 23.3 Å². The minimum Gasteiger partial charge on any atom is -0.347 e. The summed E-state index contributed by atoms with van der Waals surface area (Å²) in [6, 6.07) is 9.00. The Labute approximate surface area is 146 Å². The molecule has 4 nitrogen and oxygen atoms in total. The molecule has 2 aromatic rings. The van der Waals surface area contributed by atoms with Crippen LogP contribution >= 0.6 is 11.3 Å². The standard InChI is InChI=1S/C19H22N2O2S/c1-13(19-21-15-9-5-6-10-17(15)24-19)20-18(23)12-11-16(22)14-7-3-2-4-8-14/h2-4,7-8,13H,5-6,9-12H2,1H3,(H,20,23). The van der Waals surface area contributed by atoms with Crippen molar-refractivity contribution in [2.45, 2.75) is 51.5 Å². The fourth-order valence-corrected chi connectivity index (χ4v) is 4.08. The van der Waals surface area contributed by atoms with Gasteiger partial charge >= 0.3 is 0 Å². The van der Waals surface area contributed by atoms with Crippen molar-refractivity contribution in [2.24, 2.45) is 0 Å². The highest BCUT2D eigenvalue weighted by molar-refractivity contribution is 7.11. The summed E-state index contributed by atoms with van der Waals surface area (Å²) in [5.74, 6) is -0.0944. The summed E-state index contributed by atoms with van der Waals surface area (Å²) in [6.45, 7) is 1.96. The van der Waals surface area contributed by atoms with Gasteiger partial charge < -0.3 is 5.32 Å². The second kappa shape index (κ2) is 7.71. The molecule has 1 heterocycles. The summed E-state index contributed by atoms with van der Waals surface area (Å²) < 4.78 is 0. The largest absolute Gasteiger partial charge is 0.347 e. The molecular weight excluding hydrogens is 320 g/mol. The molecule has 1 N–H and O–H groups in total. The summed E-state index contributed by atoms with van der Waals surface area (Å²) in [7, 11) is 0. The zero-order chi connectivity index (χ0) is 16.9. The lowest BCUT2D eigenvalue weighted by atomic mass is 10.0. The van der Waals surface area contributed by atoms with Crippen molar-refractivity contribution < 1.29 is 9.59 Å². The van der Waals surface area contributed by atoms with Crippen LogP contribution < -0.4 is 5.32 Å². The van der Waals surface area contributed by atoms with Crippen LogP contribution in [0.5, 0.6) is 0 Å². The van der Waals surface area contributed by atoms with Crippen LogP contribution in [-0.4, -0.2) is 16.7 Å². The molecule has 1 aromatic heterocycles. The molecule has 0 radical (unpaired) electrons. The van der Waals surface area contributed by atoms with Crippen molar-refractivity contribution >= 4 is 23.0 Å². The number of hydrogen-bond acceptors (Lipinski definition) is 4. The quantitative estimate of drug-likeness (QED) is 0.811. The summed E-state index contributed by atoms with van der Waals surface area (Å²) in [5, 5.41) is 3.95. The number of Topliss-reactive ketones (excluding diaryl/α,β-unsaturated/α-hetero) is 1. The van der Waals surface area contributed by atoms with Crippen LogP contribution in [0.15, 0.2) is 30.3 Å². The molecule has 0 spiro atoms. The summed E-state index contributed by atoms with van der Waals surface area (Å²) in [4.78, 5) is 30.2. The van der Waals surface area contributed by atoms with Crippen molar-refractivity contribution in [1.82, 2.24) is 10.3 Å². The van der Waals surface area contributed by atoms with Gasteiger partial charge in [-0.05, 0) is 32.6 Å². The van der Waals surface area contributed by atoms with E-state index in [1.54, 1.807) is 23.5 Å². The van der Waals surface area contributed by atoms with Crippen molar-refractivity contribution in [3.8, 4) is 0 Å². The number of amides is 1. The van der Waals surface area contributed by atoms with Crippen molar-refractivity contribution in [3.63, 3.8) is 0 Å². The van der Waals surface area contributed by atoms with Gasteiger partial charge in [-0.15, -0.1) is 11.3 Å². The van der Waals surface area contributed by atoms with Gasteiger partial charge in [-0.3, -0.25) is 9.59 Å². The lowest BCUT2D eigenvalue weighted by molar-refractivity contribution is -0.121. The summed E-state index contributed by atoms with van der Waals surface area (Å²) in [6.07, 6.45) is 5.05. The molecule has 0 saturated carbocycles. The number of rotatable bonds is 6. The number of aromatic nitrogens is 1. The van der Waals surface area contributed by atoms with E-state index in [0.717, 1.165) is 17.8 Å². The second-order valence-electron chi connectivity index (χ2n) is 6.21. The predicted molar refractivity (Wildman–Crippen MR) is 95.3 cm³/mol. The number of carbonyl (C=O) groups is 2. The number of hydrogen-bond donors (Lipinski definition) is 1. The highest BCUT2D eigenvalue weighted by atomic mass is 32.1. The van der Waals surface area contributed by atoms with Gasteiger partial charge in [0.05, 0.1) is 11.7 Å². The van der Waals surface area contributed by atoms with E-state index in [4.69, 9.17) is 0 Å². The third kappa shape index (κ3) is 4.09. The zero-order valence-corrected chi connectivity index (χ0v) is 14.7. The van der Waals surface area contributed by atoms with Gasteiger partial charge in [-0.1, -0.05) is 30.3 Å². The van der Waals surface area contributed by atoms with Crippen molar-refractivity contribution in [2.75, 3.05) is 0 Å². The molecule has 0 fully saturated rings. The topological polar surface area (TPSA) is 59.1 Å². The highest BCUT2D eigenvalue weighted by Gasteiger charge is 2.19. The Kier molecular flexibility index (Phi) is 5.41. The number of thiazole rings is 1. The zero-order valence-electron chi connectivity index (χ0n) is 13.9. The molecule has 24 heavy (non-hydrogen) atoms. The van der Waals surface area contributed by atoms with Gasteiger partial charge in [0.25, 0.3) is 0 Å². The van der Waals surface area contributed by atoms with E-state index < -0.39 is 0 Å². The maximum Gasteiger partial charge on any atom is 0.221 e. The maximum absolute atomic E-state index is 12.1. The number of fused-ring (bicyclic) bond motifs is 1. The first kappa shape index (κ1) is 16.8. The van der Waals surface area contributed by atoms with E-state index in [0.29, 0.717) is 5.56 Å². The van der Waals surface area contributed by atoms with Crippen LogP contribution in [0.25, 0.3) is 0 Å². The Morgan fingerprint density at radius 1 is 1.17 bits per heavy atom. The average molecular weight is 342 g/mol. The SMILES string of the molecule is CC(NC(=O)CCC(=O)c1ccccc1)c1nc2c(s1)CCCC2. The van der Waals surface area contributed by atoms with Crippen LogP contribution in [-0.2, 0) is 17.6 Å². The monoisotopic (exact) mass is 342 g/mol. The number of nitrogens with zero attached hydrogens (tertiary/aromatic N) is 1. The third-order valence-corrected chi connectivity index (χ3v) is 5.63. The molecule has 1 atom stereocenters. The predicted octanol–water partition coefficient (Wildman–Crippen LogP) is 3.86. The minimum absolute atomic E-state index is 0.00288. The Bertz CT molecular complexity index is 701. The third-order valence-electron chi connectivity index (χ3n) is 4.29. The lowest BCUT2D eigenvalue weighted by Gasteiger charge is -2.11. The molecule has 1 unspecified atom stereocenters. The first-order valence-corrected chi connectivity index (χ1v) is 9.31. The van der Waals surface area contributed by atoms with Crippen LogP contribution in [0.1, 0.15) is 64.6 Å². The van der Waals surface area contributed by atoms with Gasteiger partial charge in [0.15, 0.2) is 5.78 Å². The first-order valence-electron chi connectivity index (χ1n) is 8.49. The van der Waals surface area contributed by atoms with Crippen LogP contribution in [0.3, 0.4) is 0 Å². The number of ketones is 1. The van der Waals surface area contributed by atoms with Crippen molar-refractivity contribution in [3.05, 3.63) is 51.5 Å². The van der Waals surface area contributed by atoms with Crippen LogP contribution in [0.2, 0.25) is 0 Å². The van der Waals surface area contributed by atoms with Crippen LogP contribution in [0, 0.1) is 0 Å². The van der Waals surface area contributed by atoms with Gasteiger partial charge in [-0.25, -0.2) is 4.98 Å². The molecule has 0 aliphatic heterocycles. The first-order chi connectivity index (χ1) is 11.6. The van der Waals surface area contributed by atoms with Gasteiger partial charge in [0.2, 0.25) is 5.91 Å². The Balaban J connectivity index is 1.51. The molecule has 0 saturated heterocycles. The highest BCUT2D eigenvalue weighted by Crippen LogP contribution is 2.29. The van der Waals surface area contributed by atoms with E-state index in [1.807, 2.05) is 25.1 Å². The average Bonchev–Trinajstić information content (AvgIpc) is 3.05. The molecule has 0 bridgehead atoms. The van der Waals surface area contributed by atoms with E-state index in [-0.39, 0.29) is 30.6 Å². The molecule has 1 aliphatic carbocycles. The summed E-state index contributed by atoms with van der Waals surface area (Å²) in [5.41, 5.74) is 1.87. The maximum atomic E-state index is 12.1.